The van der Waals surface area contributed by atoms with Gasteiger partial charge < -0.3 is 19.6 Å². The number of carbonyl (C=O) groups is 2. The first-order valence-electron chi connectivity index (χ1n) is 6.68. The van der Waals surface area contributed by atoms with Crippen LogP contribution in [0.1, 0.15) is 26.2 Å². The van der Waals surface area contributed by atoms with Gasteiger partial charge in [0.15, 0.2) is 0 Å². The minimum atomic E-state index is -0.754. The monoisotopic (exact) mass is 272 g/mol. The van der Waals surface area contributed by atoms with Gasteiger partial charge in [-0.15, -0.1) is 0 Å². The third kappa shape index (κ3) is 4.70. The third-order valence-electron chi connectivity index (χ3n) is 3.72. The van der Waals surface area contributed by atoms with Crippen molar-refractivity contribution in [3.05, 3.63) is 0 Å². The Balaban J connectivity index is 2.42. The second-order valence-electron chi connectivity index (χ2n) is 5.23. The van der Waals surface area contributed by atoms with Crippen LogP contribution < -0.4 is 0 Å². The number of hydrogen-bond donors (Lipinski definition) is 1. The number of carbonyl (C=O) groups excluding carboxylic acids is 1. The van der Waals surface area contributed by atoms with E-state index in [9.17, 15) is 9.59 Å². The number of aliphatic carboxylic acids is 1. The molecule has 19 heavy (non-hydrogen) atoms. The normalized spacial score (nSPS) is 18.2. The topological polar surface area (TPSA) is 70.1 Å². The summed E-state index contributed by atoms with van der Waals surface area (Å²) in [5.74, 6) is -0.557. The zero-order chi connectivity index (χ0) is 14.4. The van der Waals surface area contributed by atoms with E-state index in [4.69, 9.17) is 9.84 Å². The SMILES string of the molecule is COCC(C)N(C)C(=O)N1CCC(CC(=O)O)CC1. The molecule has 1 unspecified atom stereocenters. The summed E-state index contributed by atoms with van der Waals surface area (Å²) >= 11 is 0. The Morgan fingerprint density at radius 1 is 1.42 bits per heavy atom. The second kappa shape index (κ2) is 7.33. The first-order valence-corrected chi connectivity index (χ1v) is 6.68. The van der Waals surface area contributed by atoms with Crippen LogP contribution in [-0.4, -0.2) is 66.8 Å². The molecule has 0 aromatic carbocycles. The van der Waals surface area contributed by atoms with Crippen LogP contribution in [0.25, 0.3) is 0 Å². The van der Waals surface area contributed by atoms with Crippen molar-refractivity contribution in [2.24, 2.45) is 5.92 Å². The molecule has 1 aliphatic rings. The van der Waals surface area contributed by atoms with Crippen molar-refractivity contribution in [2.45, 2.75) is 32.2 Å². The second-order valence-corrected chi connectivity index (χ2v) is 5.23. The summed E-state index contributed by atoms with van der Waals surface area (Å²) in [6.07, 6.45) is 1.74. The number of urea groups is 1. The Morgan fingerprint density at radius 3 is 2.47 bits per heavy atom. The van der Waals surface area contributed by atoms with Gasteiger partial charge in [0.25, 0.3) is 0 Å². The molecule has 0 spiro atoms. The number of ether oxygens (including phenoxy) is 1. The average molecular weight is 272 g/mol. The van der Waals surface area contributed by atoms with Crippen molar-refractivity contribution in [2.75, 3.05) is 33.9 Å². The fourth-order valence-corrected chi connectivity index (χ4v) is 2.34. The highest BCUT2D eigenvalue weighted by Gasteiger charge is 2.27. The number of piperidine rings is 1. The molecule has 0 saturated carbocycles. The quantitative estimate of drug-likeness (QED) is 0.818. The Morgan fingerprint density at radius 2 is 2.00 bits per heavy atom. The zero-order valence-electron chi connectivity index (χ0n) is 12.0. The Bertz CT molecular complexity index is 314. The number of likely N-dealkylation sites (tertiary alicyclic amines) is 1. The van der Waals surface area contributed by atoms with Gasteiger partial charge in [-0.2, -0.15) is 0 Å². The number of likely N-dealkylation sites (N-methyl/N-ethyl adjacent to an activating group) is 1. The van der Waals surface area contributed by atoms with Crippen molar-refractivity contribution in [3.8, 4) is 0 Å². The van der Waals surface area contributed by atoms with Crippen LogP contribution in [0, 0.1) is 5.92 Å². The van der Waals surface area contributed by atoms with E-state index in [1.54, 1.807) is 24.0 Å². The lowest BCUT2D eigenvalue weighted by atomic mass is 9.94. The van der Waals surface area contributed by atoms with Gasteiger partial charge in [0.05, 0.1) is 12.6 Å². The van der Waals surface area contributed by atoms with Gasteiger partial charge in [-0.3, -0.25) is 4.79 Å². The number of carboxylic acid groups (broad SMARTS) is 1. The van der Waals surface area contributed by atoms with Crippen LogP contribution in [0.3, 0.4) is 0 Å². The predicted octanol–water partition coefficient (Wildman–Crippen LogP) is 1.26. The molecule has 110 valence electrons. The van der Waals surface area contributed by atoms with Crippen LogP contribution in [-0.2, 0) is 9.53 Å². The molecule has 0 aromatic rings. The molecule has 1 heterocycles. The molecule has 0 aliphatic carbocycles. The predicted molar refractivity (Wildman–Crippen MR) is 71.0 cm³/mol. The van der Waals surface area contributed by atoms with Crippen LogP contribution in [0.5, 0.6) is 0 Å². The average Bonchev–Trinajstić information content (AvgIpc) is 2.37. The number of rotatable bonds is 5. The number of nitrogens with zero attached hydrogens (tertiary/aromatic N) is 2. The van der Waals surface area contributed by atoms with E-state index in [0.29, 0.717) is 19.7 Å². The maximum atomic E-state index is 12.2. The highest BCUT2D eigenvalue weighted by atomic mass is 16.5. The zero-order valence-corrected chi connectivity index (χ0v) is 12.0. The molecule has 1 N–H and O–H groups in total. The number of hydrogen-bond acceptors (Lipinski definition) is 3. The van der Waals surface area contributed by atoms with E-state index in [1.165, 1.54) is 0 Å². The molecule has 6 heteroatoms. The van der Waals surface area contributed by atoms with Crippen LogP contribution in [0.15, 0.2) is 0 Å². The summed E-state index contributed by atoms with van der Waals surface area (Å²) in [7, 11) is 3.39. The summed E-state index contributed by atoms with van der Waals surface area (Å²) < 4.78 is 5.05. The van der Waals surface area contributed by atoms with Gasteiger partial charge in [-0.25, -0.2) is 4.79 Å². The van der Waals surface area contributed by atoms with Crippen molar-refractivity contribution in [1.82, 2.24) is 9.80 Å². The molecule has 1 aliphatic heterocycles. The van der Waals surface area contributed by atoms with E-state index in [2.05, 4.69) is 0 Å². The smallest absolute Gasteiger partial charge is 0.320 e. The maximum absolute atomic E-state index is 12.2. The Labute approximate surface area is 114 Å². The van der Waals surface area contributed by atoms with Gasteiger partial charge in [0.2, 0.25) is 0 Å². The van der Waals surface area contributed by atoms with E-state index >= 15 is 0 Å². The van der Waals surface area contributed by atoms with E-state index in [0.717, 1.165) is 12.8 Å². The van der Waals surface area contributed by atoms with Gasteiger partial charge in [0.1, 0.15) is 0 Å². The fourth-order valence-electron chi connectivity index (χ4n) is 2.34. The van der Waals surface area contributed by atoms with E-state index in [-0.39, 0.29) is 24.4 Å². The molecule has 1 atom stereocenters. The Hall–Kier alpha value is -1.30. The summed E-state index contributed by atoms with van der Waals surface area (Å²) in [5.41, 5.74) is 0. The minimum Gasteiger partial charge on any atom is -0.481 e. The lowest BCUT2D eigenvalue weighted by Crippen LogP contribution is -2.49. The van der Waals surface area contributed by atoms with Crippen LogP contribution in [0.4, 0.5) is 4.79 Å². The fraction of sp³-hybridized carbons (Fsp3) is 0.846. The number of amides is 2. The van der Waals surface area contributed by atoms with E-state index < -0.39 is 5.97 Å². The lowest BCUT2D eigenvalue weighted by Gasteiger charge is -2.36. The van der Waals surface area contributed by atoms with Crippen LogP contribution >= 0.6 is 0 Å². The molecule has 1 saturated heterocycles. The van der Waals surface area contributed by atoms with Crippen molar-refractivity contribution >= 4 is 12.0 Å². The Kier molecular flexibility index (Phi) is 6.08. The largest absolute Gasteiger partial charge is 0.481 e. The summed E-state index contributed by atoms with van der Waals surface area (Å²) in [6, 6.07) is 0.0348. The van der Waals surface area contributed by atoms with Gasteiger partial charge in [-0.1, -0.05) is 0 Å². The van der Waals surface area contributed by atoms with Gasteiger partial charge in [0, 0.05) is 33.7 Å². The molecule has 6 nitrogen and oxygen atoms in total. The number of carboxylic acids is 1. The molecule has 0 radical (unpaired) electrons. The third-order valence-corrected chi connectivity index (χ3v) is 3.72. The molecule has 0 bridgehead atoms. The van der Waals surface area contributed by atoms with Crippen molar-refractivity contribution in [1.29, 1.82) is 0 Å². The minimum absolute atomic E-state index is 0.00155. The first-order chi connectivity index (χ1) is 8.95. The first kappa shape index (κ1) is 15.8. The highest BCUT2D eigenvalue weighted by molar-refractivity contribution is 5.74. The number of methoxy groups -OCH3 is 1. The van der Waals surface area contributed by atoms with Gasteiger partial charge >= 0.3 is 12.0 Å². The summed E-state index contributed by atoms with van der Waals surface area (Å²) in [6.45, 7) is 3.73. The van der Waals surface area contributed by atoms with E-state index in [1.807, 2.05) is 6.92 Å². The molecule has 1 fully saturated rings. The van der Waals surface area contributed by atoms with Crippen LogP contribution in [0.2, 0.25) is 0 Å². The lowest BCUT2D eigenvalue weighted by molar-refractivity contribution is -0.138. The van der Waals surface area contributed by atoms with Crippen molar-refractivity contribution in [3.63, 3.8) is 0 Å². The van der Waals surface area contributed by atoms with Crippen molar-refractivity contribution < 1.29 is 19.4 Å². The summed E-state index contributed by atoms with van der Waals surface area (Å²) in [4.78, 5) is 26.4. The summed E-state index contributed by atoms with van der Waals surface area (Å²) in [5, 5.41) is 8.76. The molecule has 1 rings (SSSR count). The molecular weight excluding hydrogens is 248 g/mol. The molecular formula is C13H24N2O4. The van der Waals surface area contributed by atoms with Gasteiger partial charge in [-0.05, 0) is 25.7 Å². The standard InChI is InChI=1S/C13H24N2O4/c1-10(9-19-3)14(2)13(18)15-6-4-11(5-7-15)8-12(16)17/h10-11H,4-9H2,1-3H3,(H,16,17). The maximum Gasteiger partial charge on any atom is 0.320 e. The highest BCUT2D eigenvalue weighted by Crippen LogP contribution is 2.21. The molecule has 0 aromatic heterocycles. The molecule has 2 amide bonds.